The maximum Gasteiger partial charge on any atom is 0.238 e. The number of nitrogens with zero attached hydrogens (tertiary/aromatic N) is 2. The van der Waals surface area contributed by atoms with Crippen LogP contribution in [0.15, 0.2) is 23.1 Å². The van der Waals surface area contributed by atoms with Crippen molar-refractivity contribution in [2.45, 2.75) is 23.8 Å². The number of hydrogen-bond donors (Lipinski definition) is 2. The standard InChI is InChI=1S/C13H22N4O2S/c1-16(2)11-4-3-5-17(9-11)12-6-10(14)7-13(8-12)20(15,18)19/h6-8,11H,3-5,9,14H2,1-2H3,(H2,15,18,19). The summed E-state index contributed by atoms with van der Waals surface area (Å²) in [4.78, 5) is 4.43. The highest BCUT2D eigenvalue weighted by molar-refractivity contribution is 7.89. The van der Waals surface area contributed by atoms with Gasteiger partial charge in [0.2, 0.25) is 10.0 Å². The third-order valence-electron chi connectivity index (χ3n) is 3.73. The van der Waals surface area contributed by atoms with Gasteiger partial charge in [0, 0.05) is 30.5 Å². The van der Waals surface area contributed by atoms with E-state index < -0.39 is 10.0 Å². The molecule has 0 bridgehead atoms. The molecule has 0 radical (unpaired) electrons. The molecular weight excluding hydrogens is 276 g/mol. The topological polar surface area (TPSA) is 92.7 Å². The Morgan fingerprint density at radius 3 is 2.60 bits per heavy atom. The van der Waals surface area contributed by atoms with Crippen molar-refractivity contribution in [1.29, 1.82) is 0 Å². The minimum atomic E-state index is -3.73. The third kappa shape index (κ3) is 3.41. The van der Waals surface area contributed by atoms with Crippen molar-refractivity contribution in [2.24, 2.45) is 5.14 Å². The first-order valence-corrected chi connectivity index (χ1v) is 8.17. The number of sulfonamides is 1. The van der Waals surface area contributed by atoms with Crippen molar-refractivity contribution in [3.05, 3.63) is 18.2 Å². The van der Waals surface area contributed by atoms with E-state index >= 15 is 0 Å². The van der Waals surface area contributed by atoms with Crippen LogP contribution in [0.3, 0.4) is 0 Å². The van der Waals surface area contributed by atoms with Crippen LogP contribution in [0.25, 0.3) is 0 Å². The van der Waals surface area contributed by atoms with Crippen molar-refractivity contribution in [2.75, 3.05) is 37.8 Å². The minimum Gasteiger partial charge on any atom is -0.399 e. The average molecular weight is 298 g/mol. The molecule has 0 aromatic heterocycles. The van der Waals surface area contributed by atoms with E-state index in [1.807, 2.05) is 0 Å². The molecule has 7 heteroatoms. The highest BCUT2D eigenvalue weighted by Gasteiger charge is 2.22. The number of nitrogen functional groups attached to an aromatic ring is 1. The third-order valence-corrected chi connectivity index (χ3v) is 4.63. The number of anilines is 2. The molecule has 112 valence electrons. The number of likely N-dealkylation sites (N-methyl/N-ethyl adjacent to an activating group) is 1. The predicted molar refractivity (Wildman–Crippen MR) is 81.1 cm³/mol. The van der Waals surface area contributed by atoms with E-state index in [1.54, 1.807) is 12.1 Å². The fourth-order valence-electron chi connectivity index (χ4n) is 2.56. The largest absolute Gasteiger partial charge is 0.399 e. The summed E-state index contributed by atoms with van der Waals surface area (Å²) in [7, 11) is 0.384. The summed E-state index contributed by atoms with van der Waals surface area (Å²) in [6.07, 6.45) is 2.22. The van der Waals surface area contributed by atoms with Gasteiger partial charge in [-0.15, -0.1) is 0 Å². The normalized spacial score (nSPS) is 20.4. The van der Waals surface area contributed by atoms with Crippen molar-refractivity contribution >= 4 is 21.4 Å². The van der Waals surface area contributed by atoms with Gasteiger partial charge >= 0.3 is 0 Å². The van der Waals surface area contributed by atoms with Crippen LogP contribution in [0.4, 0.5) is 11.4 Å². The Morgan fingerprint density at radius 1 is 1.30 bits per heavy atom. The second-order valence-corrected chi connectivity index (χ2v) is 7.07. The highest BCUT2D eigenvalue weighted by atomic mass is 32.2. The van der Waals surface area contributed by atoms with Crippen molar-refractivity contribution < 1.29 is 8.42 Å². The van der Waals surface area contributed by atoms with Crippen LogP contribution in [-0.2, 0) is 10.0 Å². The molecule has 1 heterocycles. The van der Waals surface area contributed by atoms with Crippen molar-refractivity contribution in [3.8, 4) is 0 Å². The van der Waals surface area contributed by atoms with Gasteiger partial charge in [-0.3, -0.25) is 0 Å². The second-order valence-electron chi connectivity index (χ2n) is 5.51. The molecule has 0 aliphatic carbocycles. The quantitative estimate of drug-likeness (QED) is 0.790. The molecule has 1 fully saturated rings. The molecule has 1 unspecified atom stereocenters. The summed E-state index contributed by atoms with van der Waals surface area (Å²) in [6.45, 7) is 1.76. The zero-order valence-electron chi connectivity index (χ0n) is 11.9. The first-order valence-electron chi connectivity index (χ1n) is 6.62. The van der Waals surface area contributed by atoms with Gasteiger partial charge in [0.25, 0.3) is 0 Å². The molecule has 20 heavy (non-hydrogen) atoms. The van der Waals surface area contributed by atoms with Gasteiger partial charge in [0.15, 0.2) is 0 Å². The van der Waals surface area contributed by atoms with E-state index in [9.17, 15) is 8.42 Å². The first-order chi connectivity index (χ1) is 9.27. The van der Waals surface area contributed by atoms with E-state index in [4.69, 9.17) is 10.9 Å². The van der Waals surface area contributed by atoms with Crippen LogP contribution in [0.1, 0.15) is 12.8 Å². The molecule has 1 aromatic rings. The zero-order chi connectivity index (χ0) is 14.9. The van der Waals surface area contributed by atoms with Crippen LogP contribution in [0.2, 0.25) is 0 Å². The lowest BCUT2D eigenvalue weighted by atomic mass is 10.0. The summed E-state index contributed by atoms with van der Waals surface area (Å²) < 4.78 is 23.0. The van der Waals surface area contributed by atoms with Crippen LogP contribution in [0, 0.1) is 0 Å². The monoisotopic (exact) mass is 298 g/mol. The highest BCUT2D eigenvalue weighted by Crippen LogP contribution is 2.26. The maximum atomic E-state index is 11.5. The second kappa shape index (κ2) is 5.59. The summed E-state index contributed by atoms with van der Waals surface area (Å²) in [5, 5.41) is 5.19. The number of rotatable bonds is 3. The predicted octanol–water partition coefficient (Wildman–Crippen LogP) is 0.447. The Morgan fingerprint density at radius 2 is 2.00 bits per heavy atom. The van der Waals surface area contributed by atoms with E-state index in [0.29, 0.717) is 11.7 Å². The number of nitrogens with two attached hydrogens (primary N) is 2. The van der Waals surface area contributed by atoms with E-state index in [-0.39, 0.29) is 4.90 Å². The van der Waals surface area contributed by atoms with Gasteiger partial charge < -0.3 is 15.5 Å². The molecule has 2 rings (SSSR count). The van der Waals surface area contributed by atoms with Crippen LogP contribution in [0.5, 0.6) is 0 Å². The van der Waals surface area contributed by atoms with Gasteiger partial charge in [-0.25, -0.2) is 13.6 Å². The van der Waals surface area contributed by atoms with Gasteiger partial charge in [0.1, 0.15) is 0 Å². The van der Waals surface area contributed by atoms with E-state index in [0.717, 1.165) is 31.6 Å². The Kier molecular flexibility index (Phi) is 4.22. The van der Waals surface area contributed by atoms with Gasteiger partial charge in [-0.1, -0.05) is 0 Å². The van der Waals surface area contributed by atoms with E-state index in [1.165, 1.54) is 6.07 Å². The number of piperidine rings is 1. The fourth-order valence-corrected chi connectivity index (χ4v) is 3.15. The molecule has 4 N–H and O–H groups in total. The Labute approximate surface area is 120 Å². The summed E-state index contributed by atoms with van der Waals surface area (Å²) in [5.41, 5.74) is 7.04. The molecule has 0 spiro atoms. The number of benzene rings is 1. The lowest BCUT2D eigenvalue weighted by Gasteiger charge is -2.37. The lowest BCUT2D eigenvalue weighted by molar-refractivity contribution is 0.258. The Hall–Kier alpha value is -1.31. The van der Waals surface area contributed by atoms with Crippen molar-refractivity contribution in [1.82, 2.24) is 4.90 Å². The smallest absolute Gasteiger partial charge is 0.238 e. The van der Waals surface area contributed by atoms with Gasteiger partial charge in [-0.05, 0) is 45.1 Å². The van der Waals surface area contributed by atoms with Crippen LogP contribution in [-0.4, -0.2) is 46.5 Å². The van der Waals surface area contributed by atoms with Crippen LogP contribution >= 0.6 is 0 Å². The number of hydrogen-bond acceptors (Lipinski definition) is 5. The molecule has 1 saturated heterocycles. The molecule has 1 aromatic carbocycles. The summed E-state index contributed by atoms with van der Waals surface area (Å²) >= 11 is 0. The number of primary sulfonamides is 1. The zero-order valence-corrected chi connectivity index (χ0v) is 12.7. The SMILES string of the molecule is CN(C)C1CCCN(c2cc(N)cc(S(N)(=O)=O)c2)C1. The minimum absolute atomic E-state index is 0.0690. The van der Waals surface area contributed by atoms with E-state index in [2.05, 4.69) is 23.9 Å². The molecule has 0 saturated carbocycles. The van der Waals surface area contributed by atoms with Gasteiger partial charge in [0.05, 0.1) is 4.90 Å². The molecule has 1 aliphatic heterocycles. The van der Waals surface area contributed by atoms with Gasteiger partial charge in [-0.2, -0.15) is 0 Å². The summed E-state index contributed by atoms with van der Waals surface area (Å²) in [5.74, 6) is 0. The molecular formula is C13H22N4O2S. The fraction of sp³-hybridized carbons (Fsp3) is 0.538. The molecule has 0 amide bonds. The van der Waals surface area contributed by atoms with Crippen LogP contribution < -0.4 is 15.8 Å². The maximum absolute atomic E-state index is 11.5. The molecule has 6 nitrogen and oxygen atoms in total. The lowest BCUT2D eigenvalue weighted by Crippen LogP contribution is -2.45. The van der Waals surface area contributed by atoms with Crippen molar-refractivity contribution in [3.63, 3.8) is 0 Å². The Balaban J connectivity index is 2.30. The first kappa shape index (κ1) is 15.1. The molecule has 1 aliphatic rings. The molecule has 1 atom stereocenters. The summed E-state index contributed by atoms with van der Waals surface area (Å²) in [6, 6.07) is 5.26. The Bertz CT molecular complexity index is 586. The average Bonchev–Trinajstić information content (AvgIpc) is 2.37.